The molecule has 25 heavy (non-hydrogen) atoms. The normalized spacial score (nSPS) is 11.1. The Labute approximate surface area is 157 Å². The summed E-state index contributed by atoms with van der Waals surface area (Å²) in [4.78, 5) is 10.9. The molecule has 0 aliphatic heterocycles. The number of ether oxygens (including phenoxy) is 1. The first kappa shape index (κ1) is 24.0. The zero-order valence-electron chi connectivity index (χ0n) is 17.0. The lowest BCUT2D eigenvalue weighted by atomic mass is 10.0. The van der Waals surface area contributed by atoms with E-state index >= 15 is 0 Å². The summed E-state index contributed by atoms with van der Waals surface area (Å²) >= 11 is 0. The number of hydrogen-bond donors (Lipinski definition) is 1. The summed E-state index contributed by atoms with van der Waals surface area (Å²) in [5.41, 5.74) is 0. The van der Waals surface area contributed by atoms with Gasteiger partial charge in [-0.05, 0) is 19.0 Å². The number of esters is 1. The van der Waals surface area contributed by atoms with E-state index in [9.17, 15) is 4.79 Å². The van der Waals surface area contributed by atoms with E-state index in [1.54, 1.807) is 0 Å². The van der Waals surface area contributed by atoms with E-state index < -0.39 is 0 Å². The highest BCUT2D eigenvalue weighted by Gasteiger charge is 1.96. The van der Waals surface area contributed by atoms with Gasteiger partial charge >= 0.3 is 5.97 Å². The first-order valence-electron chi connectivity index (χ1n) is 10.8. The molecule has 0 aliphatic carbocycles. The van der Waals surface area contributed by atoms with Gasteiger partial charge in [-0.15, -0.1) is 0 Å². The van der Waals surface area contributed by atoms with Gasteiger partial charge in [0.25, 0.3) is 0 Å². The van der Waals surface area contributed by atoms with E-state index in [0.717, 1.165) is 6.42 Å². The number of hydrogen-bond acceptors (Lipinski definition) is 3. The van der Waals surface area contributed by atoms with Crippen LogP contribution in [0.3, 0.4) is 0 Å². The van der Waals surface area contributed by atoms with Crippen molar-refractivity contribution in [3.63, 3.8) is 0 Å². The molecule has 0 aliphatic rings. The second kappa shape index (κ2) is 21.1. The third-order valence-corrected chi connectivity index (χ3v) is 4.66. The maximum atomic E-state index is 10.9. The first-order chi connectivity index (χ1) is 12.3. The van der Waals surface area contributed by atoms with Gasteiger partial charge in [-0.2, -0.15) is 0 Å². The molecule has 0 amide bonds. The maximum Gasteiger partial charge on any atom is 0.307 e. The number of carbonyl (C=O) groups is 1. The van der Waals surface area contributed by atoms with Crippen molar-refractivity contribution in [1.29, 1.82) is 0 Å². The number of rotatable bonds is 19. The van der Waals surface area contributed by atoms with E-state index in [0.29, 0.717) is 13.0 Å². The SMILES string of the molecule is CCCCCCCCCCCCCCCCC=CNCCC(=O)OC. The van der Waals surface area contributed by atoms with Gasteiger partial charge in [-0.1, -0.05) is 96.5 Å². The molecule has 3 nitrogen and oxygen atoms in total. The van der Waals surface area contributed by atoms with Gasteiger partial charge in [0, 0.05) is 6.54 Å². The van der Waals surface area contributed by atoms with Crippen LogP contribution in [0.4, 0.5) is 0 Å². The zero-order valence-corrected chi connectivity index (χ0v) is 17.0. The molecule has 0 saturated heterocycles. The average Bonchev–Trinajstić information content (AvgIpc) is 2.63. The minimum atomic E-state index is -0.159. The van der Waals surface area contributed by atoms with Gasteiger partial charge in [0.2, 0.25) is 0 Å². The van der Waals surface area contributed by atoms with Crippen LogP contribution in [0.5, 0.6) is 0 Å². The molecule has 0 aromatic rings. The molecule has 0 radical (unpaired) electrons. The van der Waals surface area contributed by atoms with Crippen LogP contribution in [0.15, 0.2) is 12.3 Å². The van der Waals surface area contributed by atoms with Crippen LogP contribution in [0.1, 0.15) is 110 Å². The standard InChI is InChI=1S/C22H43NO2/c1-3-4-5-6-7-8-9-10-11-12-13-14-15-16-17-18-20-23-21-19-22(24)25-2/h18,20,23H,3-17,19,21H2,1-2H3. The summed E-state index contributed by atoms with van der Waals surface area (Å²) < 4.78 is 4.58. The van der Waals surface area contributed by atoms with Gasteiger partial charge in [0.1, 0.15) is 0 Å². The lowest BCUT2D eigenvalue weighted by Gasteiger charge is -2.03. The van der Waals surface area contributed by atoms with Crippen LogP contribution in [-0.2, 0) is 9.53 Å². The van der Waals surface area contributed by atoms with Gasteiger partial charge < -0.3 is 10.1 Å². The highest BCUT2D eigenvalue weighted by Crippen LogP contribution is 2.13. The molecule has 0 heterocycles. The van der Waals surface area contributed by atoms with Crippen molar-refractivity contribution in [3.8, 4) is 0 Å². The molecule has 0 saturated carbocycles. The Morgan fingerprint density at radius 1 is 0.800 bits per heavy atom. The van der Waals surface area contributed by atoms with Crippen LogP contribution in [0.2, 0.25) is 0 Å². The molecule has 0 aromatic heterocycles. The average molecular weight is 354 g/mol. The van der Waals surface area contributed by atoms with Crippen LogP contribution in [0, 0.1) is 0 Å². The quantitative estimate of drug-likeness (QED) is 0.212. The van der Waals surface area contributed by atoms with Gasteiger partial charge in [0.05, 0.1) is 13.5 Å². The topological polar surface area (TPSA) is 38.3 Å². The van der Waals surface area contributed by atoms with E-state index in [1.807, 2.05) is 6.20 Å². The lowest BCUT2D eigenvalue weighted by molar-refractivity contribution is -0.140. The van der Waals surface area contributed by atoms with E-state index in [-0.39, 0.29) is 5.97 Å². The van der Waals surface area contributed by atoms with Crippen molar-refractivity contribution in [1.82, 2.24) is 5.32 Å². The van der Waals surface area contributed by atoms with Crippen LogP contribution in [0.25, 0.3) is 0 Å². The Balaban J connectivity index is 3.08. The lowest BCUT2D eigenvalue weighted by Crippen LogP contribution is -2.12. The molecule has 3 heteroatoms. The number of methoxy groups -OCH3 is 1. The number of unbranched alkanes of at least 4 members (excludes halogenated alkanes) is 14. The van der Waals surface area contributed by atoms with Crippen molar-refractivity contribution in [2.24, 2.45) is 0 Å². The number of carbonyl (C=O) groups excluding carboxylic acids is 1. The predicted octanol–water partition coefficient (Wildman–Crippen LogP) is 6.52. The molecular weight excluding hydrogens is 310 g/mol. The van der Waals surface area contributed by atoms with Crippen LogP contribution < -0.4 is 5.32 Å². The van der Waals surface area contributed by atoms with Crippen LogP contribution in [-0.4, -0.2) is 19.6 Å². The van der Waals surface area contributed by atoms with Crippen molar-refractivity contribution >= 4 is 5.97 Å². The van der Waals surface area contributed by atoms with E-state index in [2.05, 4.69) is 23.1 Å². The largest absolute Gasteiger partial charge is 0.469 e. The van der Waals surface area contributed by atoms with Gasteiger partial charge in [0.15, 0.2) is 0 Å². The number of allylic oxidation sites excluding steroid dienone is 1. The third-order valence-electron chi connectivity index (χ3n) is 4.66. The fourth-order valence-corrected chi connectivity index (χ4v) is 2.98. The highest BCUT2D eigenvalue weighted by atomic mass is 16.5. The fraction of sp³-hybridized carbons (Fsp3) is 0.864. The van der Waals surface area contributed by atoms with Gasteiger partial charge in [-0.25, -0.2) is 0 Å². The van der Waals surface area contributed by atoms with Crippen molar-refractivity contribution in [2.75, 3.05) is 13.7 Å². The maximum absolute atomic E-state index is 10.9. The molecule has 0 spiro atoms. The Bertz CT molecular complexity index is 302. The molecule has 0 rings (SSSR count). The summed E-state index contributed by atoms with van der Waals surface area (Å²) in [6.07, 6.45) is 25.4. The summed E-state index contributed by atoms with van der Waals surface area (Å²) in [5.74, 6) is -0.159. The summed E-state index contributed by atoms with van der Waals surface area (Å²) in [6, 6.07) is 0. The minimum absolute atomic E-state index is 0.159. The summed E-state index contributed by atoms with van der Waals surface area (Å²) in [5, 5.41) is 3.12. The van der Waals surface area contributed by atoms with Crippen molar-refractivity contribution < 1.29 is 9.53 Å². The molecule has 0 bridgehead atoms. The molecule has 0 unspecified atom stereocenters. The van der Waals surface area contributed by atoms with E-state index in [4.69, 9.17) is 0 Å². The van der Waals surface area contributed by atoms with Crippen molar-refractivity contribution in [2.45, 2.75) is 110 Å². The molecule has 1 N–H and O–H groups in total. The Hall–Kier alpha value is -0.990. The minimum Gasteiger partial charge on any atom is -0.469 e. The third kappa shape index (κ3) is 21.0. The Morgan fingerprint density at radius 3 is 1.76 bits per heavy atom. The number of nitrogens with one attached hydrogen (secondary N) is 1. The zero-order chi connectivity index (χ0) is 18.4. The van der Waals surface area contributed by atoms with Crippen molar-refractivity contribution in [3.05, 3.63) is 12.3 Å². The Kier molecular flexibility index (Phi) is 20.2. The Morgan fingerprint density at radius 2 is 1.28 bits per heavy atom. The summed E-state index contributed by atoms with van der Waals surface area (Å²) in [7, 11) is 1.42. The molecule has 148 valence electrons. The monoisotopic (exact) mass is 353 g/mol. The predicted molar refractivity (Wildman–Crippen MR) is 109 cm³/mol. The second-order valence-corrected chi connectivity index (χ2v) is 7.07. The first-order valence-corrected chi connectivity index (χ1v) is 10.8. The summed E-state index contributed by atoms with van der Waals surface area (Å²) in [6.45, 7) is 2.94. The van der Waals surface area contributed by atoms with Gasteiger partial charge in [-0.3, -0.25) is 4.79 Å². The highest BCUT2D eigenvalue weighted by molar-refractivity contribution is 5.69. The smallest absolute Gasteiger partial charge is 0.307 e. The molecular formula is C22H43NO2. The second-order valence-electron chi connectivity index (χ2n) is 7.07. The van der Waals surface area contributed by atoms with E-state index in [1.165, 1.54) is 97.0 Å². The molecule has 0 atom stereocenters. The molecule has 0 fully saturated rings. The fourth-order valence-electron chi connectivity index (χ4n) is 2.98. The van der Waals surface area contributed by atoms with Crippen LogP contribution >= 0.6 is 0 Å². The molecule has 0 aromatic carbocycles.